The first-order valence-electron chi connectivity index (χ1n) is 8.22. The minimum Gasteiger partial charge on any atom is -0.461 e. The van der Waals surface area contributed by atoms with Crippen molar-refractivity contribution in [2.45, 2.75) is 6.92 Å². The van der Waals surface area contributed by atoms with Crippen molar-refractivity contribution in [2.75, 3.05) is 0 Å². The van der Waals surface area contributed by atoms with E-state index in [4.69, 9.17) is 4.42 Å². The minimum absolute atomic E-state index is 0.953. The molecule has 0 aliphatic carbocycles. The van der Waals surface area contributed by atoms with Crippen molar-refractivity contribution in [3.63, 3.8) is 0 Å². The largest absolute Gasteiger partial charge is 0.461 e. The highest BCUT2D eigenvalue weighted by molar-refractivity contribution is 6.16. The second-order valence-electron chi connectivity index (χ2n) is 6.22. The molecule has 5 rings (SSSR count). The zero-order valence-corrected chi connectivity index (χ0v) is 13.4. The number of rotatable bonds is 1. The van der Waals surface area contributed by atoms with Crippen molar-refractivity contribution < 1.29 is 4.42 Å². The van der Waals surface area contributed by atoms with Crippen LogP contribution in [0.5, 0.6) is 0 Å². The molecule has 4 aromatic carbocycles. The van der Waals surface area contributed by atoms with Crippen LogP contribution in [0.3, 0.4) is 0 Å². The third kappa shape index (κ3) is 1.82. The van der Waals surface area contributed by atoms with Gasteiger partial charge in [-0.05, 0) is 40.1 Å². The number of fused-ring (bicyclic) bond motifs is 4. The molecule has 0 fully saturated rings. The number of benzene rings is 4. The molecule has 0 N–H and O–H groups in total. The van der Waals surface area contributed by atoms with Crippen LogP contribution in [-0.2, 0) is 0 Å². The first-order chi connectivity index (χ1) is 11.8. The second-order valence-corrected chi connectivity index (χ2v) is 6.22. The number of furan rings is 1. The summed E-state index contributed by atoms with van der Waals surface area (Å²) in [5, 5.41) is 6.21. The lowest BCUT2D eigenvalue weighted by Crippen LogP contribution is -1.83. The normalized spacial score (nSPS) is 11.5. The first kappa shape index (κ1) is 13.4. The Morgan fingerprint density at radius 2 is 1.29 bits per heavy atom. The van der Waals surface area contributed by atoms with E-state index >= 15 is 0 Å². The molecule has 0 bridgehead atoms. The predicted octanol–water partition coefficient (Wildman–Crippen LogP) is 6.71. The van der Waals surface area contributed by atoms with Crippen LogP contribution in [0.15, 0.2) is 83.3 Å². The van der Waals surface area contributed by atoms with Gasteiger partial charge >= 0.3 is 0 Å². The topological polar surface area (TPSA) is 13.1 Å². The fourth-order valence-corrected chi connectivity index (χ4v) is 3.75. The van der Waals surface area contributed by atoms with Crippen LogP contribution in [0.25, 0.3) is 43.6 Å². The lowest BCUT2D eigenvalue weighted by atomic mass is 9.94. The zero-order chi connectivity index (χ0) is 16.1. The Labute approximate surface area is 140 Å². The van der Waals surface area contributed by atoms with Crippen LogP contribution in [0, 0.1) is 6.92 Å². The summed E-state index contributed by atoms with van der Waals surface area (Å²) in [5.41, 5.74) is 3.40. The van der Waals surface area contributed by atoms with Crippen LogP contribution in [0.2, 0.25) is 0 Å². The Morgan fingerprint density at radius 1 is 0.625 bits per heavy atom. The van der Waals surface area contributed by atoms with E-state index in [2.05, 4.69) is 85.8 Å². The van der Waals surface area contributed by atoms with E-state index in [0.29, 0.717) is 0 Å². The van der Waals surface area contributed by atoms with Crippen LogP contribution in [0.4, 0.5) is 0 Å². The molecule has 0 radical (unpaired) electrons. The van der Waals surface area contributed by atoms with Crippen molar-refractivity contribution in [1.29, 1.82) is 0 Å². The Hall–Kier alpha value is -3.06. The Kier molecular flexibility index (Phi) is 2.77. The molecule has 0 aliphatic heterocycles. The van der Waals surface area contributed by atoms with Gasteiger partial charge in [-0.2, -0.15) is 0 Å². The van der Waals surface area contributed by atoms with Crippen LogP contribution in [0.1, 0.15) is 5.76 Å². The smallest absolute Gasteiger partial charge is 0.135 e. The van der Waals surface area contributed by atoms with Gasteiger partial charge in [0.15, 0.2) is 0 Å². The van der Waals surface area contributed by atoms with Gasteiger partial charge in [-0.1, -0.05) is 72.8 Å². The first-order valence-corrected chi connectivity index (χ1v) is 8.22. The zero-order valence-electron chi connectivity index (χ0n) is 13.4. The molecule has 0 saturated carbocycles. The highest BCUT2D eigenvalue weighted by atomic mass is 16.3. The molecule has 114 valence electrons. The molecule has 0 unspecified atom stereocenters. The van der Waals surface area contributed by atoms with E-state index in [0.717, 1.165) is 11.3 Å². The molecule has 24 heavy (non-hydrogen) atoms. The van der Waals surface area contributed by atoms with E-state index in [9.17, 15) is 0 Å². The fourth-order valence-electron chi connectivity index (χ4n) is 3.75. The number of hydrogen-bond donors (Lipinski definition) is 0. The molecule has 0 spiro atoms. The van der Waals surface area contributed by atoms with Gasteiger partial charge in [0, 0.05) is 10.9 Å². The highest BCUT2D eigenvalue weighted by Crippen LogP contribution is 2.41. The van der Waals surface area contributed by atoms with E-state index in [1.807, 2.05) is 0 Å². The third-order valence-corrected chi connectivity index (χ3v) is 4.81. The maximum Gasteiger partial charge on any atom is 0.135 e. The molecule has 1 nitrogen and oxygen atoms in total. The molecule has 0 amide bonds. The van der Waals surface area contributed by atoms with Crippen molar-refractivity contribution in [3.05, 3.63) is 84.6 Å². The Bertz CT molecular complexity index is 1210. The van der Waals surface area contributed by atoms with E-state index in [1.54, 1.807) is 0 Å². The van der Waals surface area contributed by atoms with Crippen LogP contribution < -0.4 is 0 Å². The number of hydrogen-bond acceptors (Lipinski definition) is 1. The molecule has 0 saturated heterocycles. The molecular formula is C23H16O. The van der Waals surface area contributed by atoms with Gasteiger partial charge in [0.25, 0.3) is 0 Å². The standard InChI is InChI=1S/C23H16O/c1-15-22(20-12-6-9-16-7-2-4-10-18(16)20)23-19-11-5-3-8-17(19)13-14-21(23)24-15/h2-14H,1H3. The third-order valence-electron chi connectivity index (χ3n) is 4.81. The average molecular weight is 308 g/mol. The van der Waals surface area contributed by atoms with Crippen molar-refractivity contribution in [2.24, 2.45) is 0 Å². The Balaban J connectivity index is 1.99. The quantitative estimate of drug-likeness (QED) is 0.335. The summed E-state index contributed by atoms with van der Waals surface area (Å²) in [5.74, 6) is 0.970. The molecule has 1 aromatic heterocycles. The Morgan fingerprint density at radius 3 is 2.12 bits per heavy atom. The maximum atomic E-state index is 6.11. The van der Waals surface area contributed by atoms with Gasteiger partial charge in [-0.3, -0.25) is 0 Å². The second kappa shape index (κ2) is 4.97. The maximum absolute atomic E-state index is 6.11. The van der Waals surface area contributed by atoms with Crippen LogP contribution in [-0.4, -0.2) is 0 Å². The average Bonchev–Trinajstić information content (AvgIpc) is 2.97. The molecule has 0 aliphatic rings. The molecule has 1 heteroatoms. The van der Waals surface area contributed by atoms with Gasteiger partial charge in [0.1, 0.15) is 11.3 Å². The summed E-state index contributed by atoms with van der Waals surface area (Å²) in [6, 6.07) is 27.7. The SMILES string of the molecule is Cc1oc2ccc3ccccc3c2c1-c1cccc2ccccc12. The highest BCUT2D eigenvalue weighted by Gasteiger charge is 2.17. The van der Waals surface area contributed by atoms with E-state index in [1.165, 1.54) is 38.1 Å². The van der Waals surface area contributed by atoms with Crippen molar-refractivity contribution in [1.82, 2.24) is 0 Å². The van der Waals surface area contributed by atoms with Gasteiger partial charge in [-0.15, -0.1) is 0 Å². The summed E-state index contributed by atoms with van der Waals surface area (Å²) in [7, 11) is 0. The van der Waals surface area contributed by atoms with Crippen molar-refractivity contribution >= 4 is 32.5 Å². The van der Waals surface area contributed by atoms with Crippen LogP contribution >= 0.6 is 0 Å². The van der Waals surface area contributed by atoms with E-state index < -0.39 is 0 Å². The lowest BCUT2D eigenvalue weighted by molar-refractivity contribution is 0.580. The minimum atomic E-state index is 0.953. The summed E-state index contributed by atoms with van der Waals surface area (Å²) in [6.45, 7) is 2.06. The van der Waals surface area contributed by atoms with Crippen molar-refractivity contribution in [3.8, 4) is 11.1 Å². The summed E-state index contributed by atoms with van der Waals surface area (Å²) in [4.78, 5) is 0. The molecular weight excluding hydrogens is 292 g/mol. The molecule has 1 heterocycles. The summed E-state index contributed by atoms with van der Waals surface area (Å²) >= 11 is 0. The van der Waals surface area contributed by atoms with E-state index in [-0.39, 0.29) is 0 Å². The fraction of sp³-hybridized carbons (Fsp3) is 0.0435. The van der Waals surface area contributed by atoms with Gasteiger partial charge in [0.2, 0.25) is 0 Å². The van der Waals surface area contributed by atoms with Gasteiger partial charge < -0.3 is 4.42 Å². The summed E-state index contributed by atoms with van der Waals surface area (Å²) in [6.07, 6.45) is 0. The monoisotopic (exact) mass is 308 g/mol. The molecule has 5 aromatic rings. The van der Waals surface area contributed by atoms with Gasteiger partial charge in [0.05, 0.1) is 0 Å². The molecule has 0 atom stereocenters. The van der Waals surface area contributed by atoms with Gasteiger partial charge in [-0.25, -0.2) is 0 Å². The predicted molar refractivity (Wildman–Crippen MR) is 101 cm³/mol. The number of aryl methyl sites for hydroxylation is 1. The lowest BCUT2D eigenvalue weighted by Gasteiger charge is -2.07. The summed E-state index contributed by atoms with van der Waals surface area (Å²) < 4.78 is 6.11.